The molecule has 1 fully saturated rings. The van der Waals surface area contributed by atoms with Crippen molar-refractivity contribution in [3.63, 3.8) is 0 Å². The maximum Gasteiger partial charge on any atom is 0.251 e. The minimum absolute atomic E-state index is 0.00375. The van der Waals surface area contributed by atoms with E-state index in [4.69, 9.17) is 0 Å². The third-order valence-electron chi connectivity index (χ3n) is 3.85. The Morgan fingerprint density at radius 3 is 2.42 bits per heavy atom. The van der Waals surface area contributed by atoms with Gasteiger partial charge < -0.3 is 10.6 Å². The third kappa shape index (κ3) is 3.72. The summed E-state index contributed by atoms with van der Waals surface area (Å²) in [5.74, 6) is 0.0476. The second-order valence-electron chi connectivity index (χ2n) is 5.73. The van der Waals surface area contributed by atoms with Crippen molar-refractivity contribution >= 4 is 11.6 Å². The van der Waals surface area contributed by atoms with Gasteiger partial charge in [0.1, 0.15) is 0 Å². The fraction of sp³-hybridized carbons (Fsp3) is 0.562. The topological polar surface area (TPSA) is 41.1 Å². The van der Waals surface area contributed by atoms with Crippen molar-refractivity contribution in [2.45, 2.75) is 51.5 Å². The Bertz CT molecular complexity index is 419. The van der Waals surface area contributed by atoms with Crippen LogP contribution < -0.4 is 10.6 Å². The van der Waals surface area contributed by atoms with Crippen molar-refractivity contribution in [2.24, 2.45) is 0 Å². The standard InChI is InChI=1S/C16H24N2O/c1-3-12-17-14-8-6-13(7-9-14)15(19)18-16(2)10-4-5-11-16/h6-9,17H,3-5,10-12H2,1-2H3,(H,18,19). The molecule has 1 aliphatic rings. The molecule has 1 aromatic rings. The molecule has 1 saturated carbocycles. The molecule has 0 unspecified atom stereocenters. The predicted molar refractivity (Wildman–Crippen MR) is 79.6 cm³/mol. The van der Waals surface area contributed by atoms with Gasteiger partial charge in [-0.3, -0.25) is 4.79 Å². The van der Waals surface area contributed by atoms with Crippen LogP contribution in [0.15, 0.2) is 24.3 Å². The van der Waals surface area contributed by atoms with Crippen LogP contribution in [0.1, 0.15) is 56.3 Å². The smallest absolute Gasteiger partial charge is 0.251 e. The van der Waals surface area contributed by atoms with Crippen molar-refractivity contribution in [1.29, 1.82) is 0 Å². The lowest BCUT2D eigenvalue weighted by Gasteiger charge is -2.25. The first kappa shape index (κ1) is 13.9. The van der Waals surface area contributed by atoms with Crippen LogP contribution in [0.2, 0.25) is 0 Å². The van der Waals surface area contributed by atoms with Gasteiger partial charge in [-0.2, -0.15) is 0 Å². The lowest BCUT2D eigenvalue weighted by atomic mass is 10.00. The fourth-order valence-electron chi connectivity index (χ4n) is 2.64. The maximum atomic E-state index is 12.2. The molecule has 0 atom stereocenters. The number of carbonyl (C=O) groups excluding carboxylic acids is 1. The van der Waals surface area contributed by atoms with E-state index in [1.165, 1.54) is 12.8 Å². The first-order chi connectivity index (χ1) is 9.13. The monoisotopic (exact) mass is 260 g/mol. The van der Waals surface area contributed by atoms with Gasteiger partial charge in [-0.05, 0) is 50.5 Å². The van der Waals surface area contributed by atoms with Gasteiger partial charge in [0.15, 0.2) is 0 Å². The van der Waals surface area contributed by atoms with Crippen LogP contribution in [0.5, 0.6) is 0 Å². The number of nitrogens with one attached hydrogen (secondary N) is 2. The van der Waals surface area contributed by atoms with Crippen molar-refractivity contribution in [2.75, 3.05) is 11.9 Å². The summed E-state index contributed by atoms with van der Waals surface area (Å²) in [7, 11) is 0. The highest BCUT2D eigenvalue weighted by molar-refractivity contribution is 5.95. The SMILES string of the molecule is CCCNc1ccc(C(=O)NC2(C)CCCC2)cc1. The normalized spacial score (nSPS) is 17.2. The molecule has 0 aliphatic heterocycles. The number of rotatable bonds is 5. The van der Waals surface area contributed by atoms with E-state index in [1.54, 1.807) is 0 Å². The summed E-state index contributed by atoms with van der Waals surface area (Å²) < 4.78 is 0. The van der Waals surface area contributed by atoms with Gasteiger partial charge in [0.2, 0.25) is 0 Å². The molecule has 2 N–H and O–H groups in total. The number of carbonyl (C=O) groups is 1. The molecule has 0 bridgehead atoms. The Balaban J connectivity index is 1.95. The zero-order valence-corrected chi connectivity index (χ0v) is 12.0. The average molecular weight is 260 g/mol. The van der Waals surface area contributed by atoms with E-state index in [-0.39, 0.29) is 11.4 Å². The zero-order valence-electron chi connectivity index (χ0n) is 12.0. The average Bonchev–Trinajstić information content (AvgIpc) is 2.83. The van der Waals surface area contributed by atoms with Crippen LogP contribution in [-0.4, -0.2) is 18.0 Å². The first-order valence-corrected chi connectivity index (χ1v) is 7.29. The highest BCUT2D eigenvalue weighted by Crippen LogP contribution is 2.29. The van der Waals surface area contributed by atoms with Gasteiger partial charge >= 0.3 is 0 Å². The van der Waals surface area contributed by atoms with E-state index in [9.17, 15) is 4.79 Å². The molecule has 1 aliphatic carbocycles. The summed E-state index contributed by atoms with van der Waals surface area (Å²) in [5, 5.41) is 6.48. The molecule has 3 heteroatoms. The Morgan fingerprint density at radius 2 is 1.84 bits per heavy atom. The van der Waals surface area contributed by atoms with Crippen molar-refractivity contribution in [3.8, 4) is 0 Å². The molecule has 0 spiro atoms. The molecule has 104 valence electrons. The summed E-state index contributed by atoms with van der Waals surface area (Å²) >= 11 is 0. The third-order valence-corrected chi connectivity index (χ3v) is 3.85. The van der Waals surface area contributed by atoms with E-state index in [2.05, 4.69) is 24.5 Å². The van der Waals surface area contributed by atoms with Crippen LogP contribution >= 0.6 is 0 Å². The van der Waals surface area contributed by atoms with Crippen LogP contribution in [0, 0.1) is 0 Å². The molecule has 2 rings (SSSR count). The van der Waals surface area contributed by atoms with E-state index >= 15 is 0 Å². The Labute approximate surface area is 115 Å². The first-order valence-electron chi connectivity index (χ1n) is 7.29. The molecule has 0 aromatic heterocycles. The van der Waals surface area contributed by atoms with Crippen LogP contribution in [0.4, 0.5) is 5.69 Å². The molecular weight excluding hydrogens is 236 g/mol. The largest absolute Gasteiger partial charge is 0.385 e. The number of anilines is 1. The van der Waals surface area contributed by atoms with Crippen LogP contribution in [0.25, 0.3) is 0 Å². The second-order valence-corrected chi connectivity index (χ2v) is 5.73. The summed E-state index contributed by atoms with van der Waals surface area (Å²) in [6, 6.07) is 7.74. The fourth-order valence-corrected chi connectivity index (χ4v) is 2.64. The summed E-state index contributed by atoms with van der Waals surface area (Å²) in [4.78, 5) is 12.2. The minimum atomic E-state index is -0.00375. The van der Waals surface area contributed by atoms with Gasteiger partial charge in [-0.1, -0.05) is 19.8 Å². The van der Waals surface area contributed by atoms with E-state index in [1.807, 2.05) is 24.3 Å². The summed E-state index contributed by atoms with van der Waals surface area (Å²) in [6.45, 7) is 5.25. The van der Waals surface area contributed by atoms with Crippen molar-refractivity contribution < 1.29 is 4.79 Å². The zero-order chi connectivity index (χ0) is 13.7. The van der Waals surface area contributed by atoms with Crippen LogP contribution in [0.3, 0.4) is 0 Å². The second kappa shape index (κ2) is 6.09. The number of benzene rings is 1. The molecule has 19 heavy (non-hydrogen) atoms. The van der Waals surface area contributed by atoms with Crippen LogP contribution in [-0.2, 0) is 0 Å². The minimum Gasteiger partial charge on any atom is -0.385 e. The molecule has 1 amide bonds. The quantitative estimate of drug-likeness (QED) is 0.849. The van der Waals surface area contributed by atoms with Gasteiger partial charge in [0.05, 0.1) is 0 Å². The summed E-state index contributed by atoms with van der Waals surface area (Å²) in [6.07, 6.45) is 5.72. The molecule has 0 radical (unpaired) electrons. The number of amides is 1. The van der Waals surface area contributed by atoms with E-state index in [0.29, 0.717) is 0 Å². The molecule has 0 saturated heterocycles. The highest BCUT2D eigenvalue weighted by Gasteiger charge is 2.30. The molecule has 3 nitrogen and oxygen atoms in total. The van der Waals surface area contributed by atoms with Crippen molar-refractivity contribution in [3.05, 3.63) is 29.8 Å². The van der Waals surface area contributed by atoms with Crippen molar-refractivity contribution in [1.82, 2.24) is 5.32 Å². The molecular formula is C16H24N2O. The molecule has 1 aromatic carbocycles. The Morgan fingerprint density at radius 1 is 1.21 bits per heavy atom. The Kier molecular flexibility index (Phi) is 4.46. The lowest BCUT2D eigenvalue weighted by molar-refractivity contribution is 0.0908. The Hall–Kier alpha value is -1.51. The van der Waals surface area contributed by atoms with Gasteiger partial charge in [-0.25, -0.2) is 0 Å². The number of hydrogen-bond donors (Lipinski definition) is 2. The van der Waals surface area contributed by atoms with E-state index in [0.717, 1.165) is 37.1 Å². The lowest BCUT2D eigenvalue weighted by Crippen LogP contribution is -2.43. The molecule has 0 heterocycles. The summed E-state index contributed by atoms with van der Waals surface area (Å²) in [5.41, 5.74) is 1.82. The van der Waals surface area contributed by atoms with Gasteiger partial charge in [-0.15, -0.1) is 0 Å². The highest BCUT2D eigenvalue weighted by atomic mass is 16.1. The van der Waals surface area contributed by atoms with Gasteiger partial charge in [0, 0.05) is 23.3 Å². The predicted octanol–water partition coefficient (Wildman–Crippen LogP) is 3.57. The maximum absolute atomic E-state index is 12.2. The van der Waals surface area contributed by atoms with E-state index < -0.39 is 0 Å². The van der Waals surface area contributed by atoms with Gasteiger partial charge in [0.25, 0.3) is 5.91 Å². The number of hydrogen-bond acceptors (Lipinski definition) is 2.